The van der Waals surface area contributed by atoms with Gasteiger partial charge in [-0.3, -0.25) is 0 Å². The highest BCUT2D eigenvalue weighted by Crippen LogP contribution is 2.33. The number of ether oxygens (including phenoxy) is 1. The zero-order valence-electron chi connectivity index (χ0n) is 14.9. The van der Waals surface area contributed by atoms with Gasteiger partial charge < -0.3 is 15.0 Å². The van der Waals surface area contributed by atoms with Crippen LogP contribution in [0.25, 0.3) is 0 Å². The predicted molar refractivity (Wildman–Crippen MR) is 97.9 cm³/mol. The third-order valence-electron chi connectivity index (χ3n) is 3.82. The van der Waals surface area contributed by atoms with Crippen LogP contribution >= 0.6 is 0 Å². The smallest absolute Gasteiger partial charge is 0.144 e. The number of aliphatic imine (C=N–C) groups is 1. The lowest BCUT2D eigenvalue weighted by Crippen LogP contribution is -2.14. The summed E-state index contributed by atoms with van der Waals surface area (Å²) in [6.07, 6.45) is 1.77. The molecular weight excluding hydrogens is 324 g/mol. The Morgan fingerprint density at radius 3 is 2.44 bits per heavy atom. The first-order chi connectivity index (χ1) is 11.9. The highest BCUT2D eigenvalue weighted by Gasteiger charge is 2.08. The van der Waals surface area contributed by atoms with Gasteiger partial charge in [0, 0.05) is 32.3 Å². The van der Waals surface area contributed by atoms with Gasteiger partial charge in [-0.25, -0.2) is 13.8 Å². The Kier molecular flexibility index (Phi) is 6.33. The van der Waals surface area contributed by atoms with E-state index in [9.17, 15) is 8.78 Å². The molecule has 0 amide bonds. The minimum Gasteiger partial charge on any atom is -0.495 e. The van der Waals surface area contributed by atoms with Gasteiger partial charge in [0.2, 0.25) is 0 Å². The topological polar surface area (TPSA) is 36.9 Å². The number of hydrogen-bond acceptors (Lipinski definition) is 3. The number of rotatable bonds is 7. The molecule has 0 aliphatic carbocycles. The van der Waals surface area contributed by atoms with Crippen molar-refractivity contribution in [3.63, 3.8) is 0 Å². The third-order valence-corrected chi connectivity index (χ3v) is 3.82. The Hall–Kier alpha value is -2.63. The fourth-order valence-corrected chi connectivity index (χ4v) is 2.28. The predicted octanol–water partition coefficient (Wildman–Crippen LogP) is 4.51. The van der Waals surface area contributed by atoms with E-state index in [4.69, 9.17) is 4.74 Å². The molecule has 0 aromatic heterocycles. The first-order valence-electron chi connectivity index (χ1n) is 8.04. The van der Waals surface area contributed by atoms with Crippen molar-refractivity contribution in [3.8, 4) is 5.75 Å². The second-order valence-electron chi connectivity index (χ2n) is 5.79. The average Bonchev–Trinajstić information content (AvgIpc) is 2.57. The zero-order valence-corrected chi connectivity index (χ0v) is 14.9. The first kappa shape index (κ1) is 18.7. The number of halogens is 2. The summed E-state index contributed by atoms with van der Waals surface area (Å²) >= 11 is 0. The van der Waals surface area contributed by atoms with E-state index in [2.05, 4.69) is 10.3 Å². The van der Waals surface area contributed by atoms with Crippen LogP contribution in [0.4, 0.5) is 20.2 Å². The molecule has 0 bridgehead atoms. The van der Waals surface area contributed by atoms with E-state index in [1.54, 1.807) is 13.4 Å². The first-order valence-corrected chi connectivity index (χ1v) is 8.04. The van der Waals surface area contributed by atoms with Crippen molar-refractivity contribution >= 4 is 17.7 Å². The molecular formula is C19H23F2N3O. The van der Waals surface area contributed by atoms with Gasteiger partial charge in [0.05, 0.1) is 24.8 Å². The van der Waals surface area contributed by atoms with Gasteiger partial charge in [0.15, 0.2) is 0 Å². The highest BCUT2D eigenvalue weighted by atomic mass is 19.1. The van der Waals surface area contributed by atoms with Crippen LogP contribution in [0.2, 0.25) is 0 Å². The van der Waals surface area contributed by atoms with E-state index in [0.717, 1.165) is 29.5 Å². The number of methoxy groups -OCH3 is 1. The largest absolute Gasteiger partial charge is 0.495 e. The van der Waals surface area contributed by atoms with Crippen LogP contribution in [0, 0.1) is 18.6 Å². The lowest BCUT2D eigenvalue weighted by molar-refractivity contribution is 0.416. The Morgan fingerprint density at radius 2 is 1.84 bits per heavy atom. The average molecular weight is 347 g/mol. The van der Waals surface area contributed by atoms with Gasteiger partial charge in [-0.2, -0.15) is 0 Å². The molecule has 0 saturated heterocycles. The SMILES string of the molecule is CCN(C)/C=N\c1cc(OC)c(NCc2cc(F)cc(F)c2)cc1C. The highest BCUT2D eigenvalue weighted by molar-refractivity contribution is 5.70. The Morgan fingerprint density at radius 1 is 1.16 bits per heavy atom. The molecule has 0 saturated carbocycles. The fourth-order valence-electron chi connectivity index (χ4n) is 2.28. The van der Waals surface area contributed by atoms with Gasteiger partial charge in [0.25, 0.3) is 0 Å². The van der Waals surface area contributed by atoms with Gasteiger partial charge in [-0.15, -0.1) is 0 Å². The quantitative estimate of drug-likeness (QED) is 0.592. The molecule has 0 aliphatic heterocycles. The molecule has 134 valence electrons. The van der Waals surface area contributed by atoms with Gasteiger partial charge in [0.1, 0.15) is 17.4 Å². The van der Waals surface area contributed by atoms with E-state index in [0.29, 0.717) is 11.3 Å². The summed E-state index contributed by atoms with van der Waals surface area (Å²) in [5.74, 6) is -0.567. The number of aryl methyl sites for hydroxylation is 1. The van der Waals surface area contributed by atoms with E-state index in [1.807, 2.05) is 37.9 Å². The summed E-state index contributed by atoms with van der Waals surface area (Å²) in [5.41, 5.74) is 3.03. The van der Waals surface area contributed by atoms with E-state index in [1.165, 1.54) is 12.1 Å². The molecule has 6 heteroatoms. The molecule has 0 heterocycles. The van der Waals surface area contributed by atoms with E-state index in [-0.39, 0.29) is 6.54 Å². The van der Waals surface area contributed by atoms with Crippen molar-refractivity contribution in [2.24, 2.45) is 4.99 Å². The second-order valence-corrected chi connectivity index (χ2v) is 5.79. The van der Waals surface area contributed by atoms with Crippen LogP contribution in [0.5, 0.6) is 5.75 Å². The van der Waals surface area contributed by atoms with Crippen molar-refractivity contribution in [3.05, 3.63) is 53.1 Å². The lowest BCUT2D eigenvalue weighted by Gasteiger charge is -2.14. The summed E-state index contributed by atoms with van der Waals surface area (Å²) in [7, 11) is 3.52. The summed E-state index contributed by atoms with van der Waals surface area (Å²) in [6.45, 7) is 5.14. The van der Waals surface area contributed by atoms with Crippen LogP contribution < -0.4 is 10.1 Å². The Bertz CT molecular complexity index is 742. The van der Waals surface area contributed by atoms with Gasteiger partial charge in [-0.1, -0.05) is 0 Å². The molecule has 4 nitrogen and oxygen atoms in total. The number of anilines is 1. The summed E-state index contributed by atoms with van der Waals surface area (Å²) in [6, 6.07) is 7.20. The molecule has 0 unspecified atom stereocenters. The van der Waals surface area contributed by atoms with Crippen LogP contribution in [0.1, 0.15) is 18.1 Å². The van der Waals surface area contributed by atoms with Gasteiger partial charge >= 0.3 is 0 Å². The Balaban J connectivity index is 2.20. The lowest BCUT2D eigenvalue weighted by atomic mass is 10.1. The summed E-state index contributed by atoms with van der Waals surface area (Å²) < 4.78 is 32.0. The van der Waals surface area contributed by atoms with Crippen molar-refractivity contribution in [1.82, 2.24) is 4.90 Å². The standard InChI is InChI=1S/C19H23F2N3O/c1-5-24(3)12-23-17-10-19(25-4)18(6-13(17)2)22-11-14-7-15(20)9-16(21)8-14/h6-10,12,22H,5,11H2,1-4H3/b23-12-. The molecule has 0 atom stereocenters. The maximum atomic E-state index is 13.3. The fraction of sp³-hybridized carbons (Fsp3) is 0.316. The molecule has 1 N–H and O–H groups in total. The minimum atomic E-state index is -0.593. The number of hydrogen-bond donors (Lipinski definition) is 1. The molecule has 0 aliphatic rings. The number of nitrogens with zero attached hydrogens (tertiary/aromatic N) is 2. The van der Waals surface area contributed by atoms with Crippen molar-refractivity contribution < 1.29 is 13.5 Å². The van der Waals surface area contributed by atoms with Crippen molar-refractivity contribution in [2.45, 2.75) is 20.4 Å². The number of nitrogens with one attached hydrogen (secondary N) is 1. The van der Waals surface area contributed by atoms with Crippen molar-refractivity contribution in [2.75, 3.05) is 26.0 Å². The van der Waals surface area contributed by atoms with Crippen LogP contribution in [0.15, 0.2) is 35.3 Å². The van der Waals surface area contributed by atoms with E-state index < -0.39 is 11.6 Å². The van der Waals surface area contributed by atoms with Crippen LogP contribution in [-0.2, 0) is 6.54 Å². The minimum absolute atomic E-state index is 0.283. The second kappa shape index (κ2) is 8.46. The maximum absolute atomic E-state index is 13.3. The molecule has 2 aromatic rings. The summed E-state index contributed by atoms with van der Waals surface area (Å²) in [5, 5.41) is 3.16. The molecule has 0 radical (unpaired) electrons. The third kappa shape index (κ3) is 5.17. The van der Waals surface area contributed by atoms with Crippen molar-refractivity contribution in [1.29, 1.82) is 0 Å². The molecule has 25 heavy (non-hydrogen) atoms. The van der Waals surface area contributed by atoms with Crippen LogP contribution in [-0.4, -0.2) is 31.9 Å². The molecule has 2 rings (SSSR count). The van der Waals surface area contributed by atoms with Crippen LogP contribution in [0.3, 0.4) is 0 Å². The van der Waals surface area contributed by atoms with Gasteiger partial charge in [-0.05, 0) is 43.2 Å². The molecule has 0 spiro atoms. The zero-order chi connectivity index (χ0) is 18.4. The van der Waals surface area contributed by atoms with E-state index >= 15 is 0 Å². The Labute approximate surface area is 147 Å². The monoisotopic (exact) mass is 347 g/mol. The summed E-state index contributed by atoms with van der Waals surface area (Å²) in [4.78, 5) is 6.43. The normalized spacial score (nSPS) is 11.0. The molecule has 0 fully saturated rings. The number of benzene rings is 2. The maximum Gasteiger partial charge on any atom is 0.144 e. The molecule has 2 aromatic carbocycles.